The Hall–Kier alpha value is -2.37. The quantitative estimate of drug-likeness (QED) is 0.652. The number of carbonyl (C=O) groups excluding carboxylic acids is 1. The lowest BCUT2D eigenvalue weighted by molar-refractivity contribution is 0.247. The SMILES string of the molecule is CCC1c2ccccc2CCC1NCCN1CCC(NC(=O)Nc2ccccc2)C1. The average Bonchev–Trinajstić information content (AvgIpc) is 3.21. The fourth-order valence-electron chi connectivity index (χ4n) is 5.04. The van der Waals surface area contributed by atoms with Crippen molar-refractivity contribution >= 4 is 11.7 Å². The van der Waals surface area contributed by atoms with Gasteiger partial charge in [0.15, 0.2) is 0 Å². The van der Waals surface area contributed by atoms with Gasteiger partial charge in [0.2, 0.25) is 0 Å². The van der Waals surface area contributed by atoms with E-state index in [4.69, 9.17) is 0 Å². The molecule has 5 heteroatoms. The van der Waals surface area contributed by atoms with Gasteiger partial charge in [-0.25, -0.2) is 4.79 Å². The molecule has 0 spiro atoms. The Morgan fingerprint density at radius 2 is 1.87 bits per heavy atom. The number of likely N-dealkylation sites (tertiary alicyclic amines) is 1. The molecule has 0 radical (unpaired) electrons. The molecule has 5 nitrogen and oxygen atoms in total. The van der Waals surface area contributed by atoms with Gasteiger partial charge in [0.25, 0.3) is 0 Å². The van der Waals surface area contributed by atoms with Crippen molar-refractivity contribution in [1.29, 1.82) is 0 Å². The number of rotatable bonds is 7. The van der Waals surface area contributed by atoms with Crippen LogP contribution in [0.2, 0.25) is 0 Å². The summed E-state index contributed by atoms with van der Waals surface area (Å²) in [5.41, 5.74) is 3.90. The summed E-state index contributed by atoms with van der Waals surface area (Å²) in [5.74, 6) is 0.615. The Balaban J connectivity index is 1.19. The molecule has 2 amide bonds. The molecule has 2 aromatic rings. The Bertz CT molecular complexity index is 825. The highest BCUT2D eigenvalue weighted by molar-refractivity contribution is 5.89. The molecule has 160 valence electrons. The van der Waals surface area contributed by atoms with Gasteiger partial charge in [-0.05, 0) is 54.9 Å². The van der Waals surface area contributed by atoms with E-state index in [-0.39, 0.29) is 12.1 Å². The van der Waals surface area contributed by atoms with Gasteiger partial charge in [-0.15, -0.1) is 0 Å². The number of hydrogen-bond acceptors (Lipinski definition) is 3. The number of aryl methyl sites for hydroxylation is 1. The van der Waals surface area contributed by atoms with E-state index in [0.717, 1.165) is 38.3 Å². The topological polar surface area (TPSA) is 56.4 Å². The van der Waals surface area contributed by atoms with E-state index in [1.54, 1.807) is 5.56 Å². The lowest BCUT2D eigenvalue weighted by Crippen LogP contribution is -2.43. The van der Waals surface area contributed by atoms with Crippen LogP contribution in [0.15, 0.2) is 54.6 Å². The second kappa shape index (κ2) is 10.1. The highest BCUT2D eigenvalue weighted by Gasteiger charge is 2.28. The maximum absolute atomic E-state index is 12.2. The van der Waals surface area contributed by atoms with Crippen molar-refractivity contribution < 1.29 is 4.79 Å². The number of benzene rings is 2. The van der Waals surface area contributed by atoms with Crippen molar-refractivity contribution in [3.05, 3.63) is 65.7 Å². The van der Waals surface area contributed by atoms with Gasteiger partial charge in [0, 0.05) is 44.0 Å². The molecule has 1 heterocycles. The van der Waals surface area contributed by atoms with Gasteiger partial charge < -0.3 is 16.0 Å². The van der Waals surface area contributed by atoms with Gasteiger partial charge in [0.05, 0.1) is 0 Å². The highest BCUT2D eigenvalue weighted by Crippen LogP contribution is 2.33. The van der Waals surface area contributed by atoms with E-state index in [1.165, 1.54) is 24.8 Å². The summed E-state index contributed by atoms with van der Waals surface area (Å²) >= 11 is 0. The summed E-state index contributed by atoms with van der Waals surface area (Å²) in [4.78, 5) is 14.7. The van der Waals surface area contributed by atoms with Crippen LogP contribution < -0.4 is 16.0 Å². The maximum atomic E-state index is 12.2. The minimum absolute atomic E-state index is 0.113. The number of amides is 2. The molecular formula is C25H34N4O. The number of fused-ring (bicyclic) bond motifs is 1. The second-order valence-electron chi connectivity index (χ2n) is 8.56. The van der Waals surface area contributed by atoms with Crippen LogP contribution in [0.25, 0.3) is 0 Å². The molecule has 30 heavy (non-hydrogen) atoms. The molecule has 0 saturated carbocycles. The van der Waals surface area contributed by atoms with Crippen LogP contribution in [0, 0.1) is 0 Å². The van der Waals surface area contributed by atoms with Crippen LogP contribution in [0.1, 0.15) is 43.2 Å². The minimum Gasteiger partial charge on any atom is -0.334 e. The third-order valence-electron chi connectivity index (χ3n) is 6.58. The molecule has 0 aromatic heterocycles. The first kappa shape index (κ1) is 20.9. The lowest BCUT2D eigenvalue weighted by Gasteiger charge is -2.34. The zero-order valence-electron chi connectivity index (χ0n) is 17.9. The molecule has 1 fully saturated rings. The van der Waals surface area contributed by atoms with E-state index in [1.807, 2.05) is 30.3 Å². The molecule has 0 bridgehead atoms. The van der Waals surface area contributed by atoms with Crippen molar-refractivity contribution in [3.63, 3.8) is 0 Å². The van der Waals surface area contributed by atoms with E-state index in [0.29, 0.717) is 12.0 Å². The van der Waals surface area contributed by atoms with Crippen LogP contribution in [0.4, 0.5) is 10.5 Å². The van der Waals surface area contributed by atoms with E-state index < -0.39 is 0 Å². The van der Waals surface area contributed by atoms with Crippen LogP contribution in [-0.4, -0.2) is 49.2 Å². The number of nitrogens with one attached hydrogen (secondary N) is 3. The lowest BCUT2D eigenvalue weighted by atomic mass is 9.78. The second-order valence-corrected chi connectivity index (χ2v) is 8.56. The molecule has 3 unspecified atom stereocenters. The molecule has 1 aliphatic heterocycles. The molecule has 3 atom stereocenters. The molecule has 1 aliphatic carbocycles. The molecular weight excluding hydrogens is 372 g/mol. The zero-order valence-corrected chi connectivity index (χ0v) is 17.9. The minimum atomic E-state index is -0.113. The fraction of sp³-hybridized carbons (Fsp3) is 0.480. The van der Waals surface area contributed by atoms with Crippen molar-refractivity contribution in [2.75, 3.05) is 31.5 Å². The summed E-state index contributed by atoms with van der Waals surface area (Å²) in [5, 5.41) is 9.86. The van der Waals surface area contributed by atoms with Crippen molar-refractivity contribution in [2.45, 2.75) is 50.6 Å². The van der Waals surface area contributed by atoms with Crippen molar-refractivity contribution in [3.8, 4) is 0 Å². The zero-order chi connectivity index (χ0) is 20.8. The van der Waals surface area contributed by atoms with Crippen LogP contribution >= 0.6 is 0 Å². The van der Waals surface area contributed by atoms with Crippen LogP contribution in [0.3, 0.4) is 0 Å². The van der Waals surface area contributed by atoms with Crippen LogP contribution in [0.5, 0.6) is 0 Å². The Kier molecular flexibility index (Phi) is 7.03. The predicted octanol–water partition coefficient (Wildman–Crippen LogP) is 3.98. The summed E-state index contributed by atoms with van der Waals surface area (Å²) in [6.45, 7) is 6.31. The molecule has 2 aromatic carbocycles. The smallest absolute Gasteiger partial charge is 0.319 e. The van der Waals surface area contributed by atoms with Crippen molar-refractivity contribution in [2.24, 2.45) is 0 Å². The van der Waals surface area contributed by atoms with E-state index in [2.05, 4.69) is 52.0 Å². The number of carbonyl (C=O) groups is 1. The van der Waals surface area contributed by atoms with Gasteiger partial charge in [-0.2, -0.15) is 0 Å². The molecule has 3 N–H and O–H groups in total. The van der Waals surface area contributed by atoms with E-state index >= 15 is 0 Å². The number of hydrogen-bond donors (Lipinski definition) is 3. The Labute approximate surface area is 180 Å². The summed E-state index contributed by atoms with van der Waals surface area (Å²) < 4.78 is 0. The average molecular weight is 407 g/mol. The first-order chi connectivity index (χ1) is 14.7. The maximum Gasteiger partial charge on any atom is 0.319 e. The third kappa shape index (κ3) is 5.21. The van der Waals surface area contributed by atoms with Gasteiger partial charge in [0.1, 0.15) is 0 Å². The van der Waals surface area contributed by atoms with Gasteiger partial charge in [-0.1, -0.05) is 49.4 Å². The van der Waals surface area contributed by atoms with Crippen LogP contribution in [-0.2, 0) is 6.42 Å². The predicted molar refractivity (Wildman–Crippen MR) is 123 cm³/mol. The highest BCUT2D eigenvalue weighted by atomic mass is 16.2. The fourth-order valence-corrected chi connectivity index (χ4v) is 5.04. The standard InChI is InChI=1S/C25H34N4O/c1-2-22-23-11-7-6-8-19(23)12-13-24(22)26-15-17-29-16-14-21(18-29)28-25(30)27-20-9-4-3-5-10-20/h3-11,21-22,24,26H,2,12-18H2,1H3,(H2,27,28,30). The molecule has 4 rings (SSSR count). The number of anilines is 1. The molecule has 1 saturated heterocycles. The Morgan fingerprint density at radius 3 is 2.70 bits per heavy atom. The first-order valence-electron chi connectivity index (χ1n) is 11.4. The summed E-state index contributed by atoms with van der Waals surface area (Å²) in [6, 6.07) is 19.2. The monoisotopic (exact) mass is 406 g/mol. The van der Waals surface area contributed by atoms with Gasteiger partial charge >= 0.3 is 6.03 Å². The van der Waals surface area contributed by atoms with E-state index in [9.17, 15) is 4.79 Å². The van der Waals surface area contributed by atoms with Gasteiger partial charge in [-0.3, -0.25) is 4.90 Å². The number of nitrogens with zero attached hydrogens (tertiary/aromatic N) is 1. The number of urea groups is 1. The third-order valence-corrected chi connectivity index (χ3v) is 6.58. The largest absolute Gasteiger partial charge is 0.334 e. The summed E-state index contributed by atoms with van der Waals surface area (Å²) in [7, 11) is 0. The molecule has 2 aliphatic rings. The Morgan fingerprint density at radius 1 is 1.07 bits per heavy atom. The van der Waals surface area contributed by atoms with Crippen molar-refractivity contribution in [1.82, 2.24) is 15.5 Å². The normalized spacial score (nSPS) is 23.7. The number of para-hydroxylation sites is 1. The first-order valence-corrected chi connectivity index (χ1v) is 11.4. The summed E-state index contributed by atoms with van der Waals surface area (Å²) in [6.07, 6.45) is 4.59.